The largest absolute Gasteiger partial charge is 0.480 e. The number of carbonyl (C=O) groups excluding carboxylic acids is 1. The fourth-order valence-corrected chi connectivity index (χ4v) is 1.92. The third-order valence-electron chi connectivity index (χ3n) is 3.29. The number of aliphatic carboxylic acids is 1. The topological polar surface area (TPSA) is 57.6 Å². The smallest absolute Gasteiger partial charge is 0.326 e. The highest BCUT2D eigenvalue weighted by atomic mass is 16.4. The molecule has 0 bridgehead atoms. The van der Waals surface area contributed by atoms with Gasteiger partial charge in [0.05, 0.1) is 0 Å². The first-order chi connectivity index (χ1) is 6.94. The van der Waals surface area contributed by atoms with Gasteiger partial charge in [-0.05, 0) is 26.2 Å². The van der Waals surface area contributed by atoms with E-state index in [0.29, 0.717) is 0 Å². The molecule has 0 heterocycles. The lowest BCUT2D eigenvalue weighted by atomic mass is 9.98. The highest BCUT2D eigenvalue weighted by molar-refractivity contribution is 5.89. The maximum absolute atomic E-state index is 12.0. The van der Waals surface area contributed by atoms with E-state index in [2.05, 4.69) is 0 Å². The van der Waals surface area contributed by atoms with Gasteiger partial charge in [0.15, 0.2) is 0 Å². The van der Waals surface area contributed by atoms with Crippen LogP contribution in [0.3, 0.4) is 0 Å². The molecule has 1 amide bonds. The van der Waals surface area contributed by atoms with Crippen LogP contribution in [0.15, 0.2) is 0 Å². The highest BCUT2D eigenvalue weighted by Crippen LogP contribution is 2.51. The number of likely N-dealkylation sites (N-methyl/N-ethyl adjacent to an activating group) is 1. The zero-order valence-corrected chi connectivity index (χ0v) is 9.62. The molecule has 4 heteroatoms. The summed E-state index contributed by atoms with van der Waals surface area (Å²) in [4.78, 5) is 24.1. The van der Waals surface area contributed by atoms with E-state index in [4.69, 9.17) is 5.11 Å². The van der Waals surface area contributed by atoms with Crippen LogP contribution in [0.4, 0.5) is 0 Å². The molecule has 0 aliphatic heterocycles. The lowest BCUT2D eigenvalue weighted by Gasteiger charge is -2.26. The Morgan fingerprint density at radius 1 is 1.47 bits per heavy atom. The highest BCUT2D eigenvalue weighted by Gasteiger charge is 2.50. The molecule has 1 N–H and O–H groups in total. The molecule has 0 saturated heterocycles. The summed E-state index contributed by atoms with van der Waals surface area (Å²) in [6.45, 7) is 3.59. The average molecular weight is 213 g/mol. The minimum absolute atomic E-state index is 0.000694. The van der Waals surface area contributed by atoms with Crippen molar-refractivity contribution in [3.8, 4) is 0 Å². The Bertz CT molecular complexity index is 271. The van der Waals surface area contributed by atoms with Crippen LogP contribution in [0.2, 0.25) is 0 Å². The summed E-state index contributed by atoms with van der Waals surface area (Å²) in [5.41, 5.74) is -0.229. The fourth-order valence-electron chi connectivity index (χ4n) is 1.92. The van der Waals surface area contributed by atoms with Gasteiger partial charge in [-0.2, -0.15) is 0 Å². The standard InChI is InChI=1S/C11H19NO3/c1-4-5-11(6-7-11)10(15)12(3)8(2)9(13)14/h8H,4-7H2,1-3H3,(H,13,14). The number of rotatable bonds is 5. The van der Waals surface area contributed by atoms with E-state index in [-0.39, 0.29) is 11.3 Å². The third kappa shape index (κ3) is 2.30. The molecule has 1 atom stereocenters. The Kier molecular flexibility index (Phi) is 3.37. The molecular weight excluding hydrogens is 194 g/mol. The quantitative estimate of drug-likeness (QED) is 0.753. The molecule has 1 aliphatic carbocycles. The second kappa shape index (κ2) is 4.21. The van der Waals surface area contributed by atoms with Crippen LogP contribution < -0.4 is 0 Å². The van der Waals surface area contributed by atoms with Gasteiger partial charge in [0, 0.05) is 12.5 Å². The van der Waals surface area contributed by atoms with Crippen molar-refractivity contribution in [1.29, 1.82) is 0 Å². The molecule has 1 unspecified atom stereocenters. The van der Waals surface area contributed by atoms with Gasteiger partial charge in [-0.3, -0.25) is 4.79 Å². The van der Waals surface area contributed by atoms with E-state index in [1.807, 2.05) is 6.92 Å². The van der Waals surface area contributed by atoms with Crippen LogP contribution in [-0.2, 0) is 9.59 Å². The number of amides is 1. The monoisotopic (exact) mass is 213 g/mol. The van der Waals surface area contributed by atoms with E-state index in [1.54, 1.807) is 14.0 Å². The first-order valence-electron chi connectivity index (χ1n) is 5.44. The summed E-state index contributed by atoms with van der Waals surface area (Å²) in [6.07, 6.45) is 3.68. The van der Waals surface area contributed by atoms with Gasteiger partial charge >= 0.3 is 5.97 Å². The Hall–Kier alpha value is -1.06. The maximum atomic E-state index is 12.0. The van der Waals surface area contributed by atoms with Crippen molar-refractivity contribution in [3.63, 3.8) is 0 Å². The van der Waals surface area contributed by atoms with E-state index < -0.39 is 12.0 Å². The molecule has 1 fully saturated rings. The predicted molar refractivity (Wildman–Crippen MR) is 56.4 cm³/mol. The van der Waals surface area contributed by atoms with Crippen molar-refractivity contribution >= 4 is 11.9 Å². The van der Waals surface area contributed by atoms with Crippen LogP contribution >= 0.6 is 0 Å². The zero-order valence-electron chi connectivity index (χ0n) is 9.62. The normalized spacial score (nSPS) is 19.4. The number of carboxylic acids is 1. The van der Waals surface area contributed by atoms with Crippen LogP contribution in [0, 0.1) is 5.41 Å². The molecule has 4 nitrogen and oxygen atoms in total. The number of nitrogens with zero attached hydrogens (tertiary/aromatic N) is 1. The van der Waals surface area contributed by atoms with Crippen molar-refractivity contribution in [3.05, 3.63) is 0 Å². The van der Waals surface area contributed by atoms with E-state index >= 15 is 0 Å². The first kappa shape index (κ1) is 12.0. The Morgan fingerprint density at radius 2 is 2.00 bits per heavy atom. The molecule has 86 valence electrons. The van der Waals surface area contributed by atoms with Gasteiger partial charge in [-0.25, -0.2) is 4.79 Å². The molecule has 0 aromatic heterocycles. The summed E-state index contributed by atoms with van der Waals surface area (Å²) in [5, 5.41) is 8.82. The SMILES string of the molecule is CCCC1(C(=O)N(C)C(C)C(=O)O)CC1. The second-order valence-electron chi connectivity index (χ2n) is 4.46. The predicted octanol–water partition coefficient (Wildman–Crippen LogP) is 1.50. The second-order valence-corrected chi connectivity index (χ2v) is 4.46. The third-order valence-corrected chi connectivity index (χ3v) is 3.29. The molecule has 0 radical (unpaired) electrons. The number of hydrogen-bond donors (Lipinski definition) is 1. The summed E-state index contributed by atoms with van der Waals surface area (Å²) in [7, 11) is 1.58. The summed E-state index contributed by atoms with van der Waals surface area (Å²) in [5.74, 6) is -0.947. The van der Waals surface area contributed by atoms with Gasteiger partial charge in [-0.15, -0.1) is 0 Å². The van der Waals surface area contributed by atoms with Crippen molar-refractivity contribution in [2.24, 2.45) is 5.41 Å². The summed E-state index contributed by atoms with van der Waals surface area (Å²) in [6, 6.07) is -0.730. The molecule has 0 aromatic carbocycles. The number of hydrogen-bond acceptors (Lipinski definition) is 2. The van der Waals surface area contributed by atoms with Crippen molar-refractivity contribution in [1.82, 2.24) is 4.90 Å². The van der Waals surface area contributed by atoms with Crippen LogP contribution in [0.1, 0.15) is 39.5 Å². The molecule has 15 heavy (non-hydrogen) atoms. The van der Waals surface area contributed by atoms with E-state index in [9.17, 15) is 9.59 Å². The van der Waals surface area contributed by atoms with Gasteiger partial charge in [-0.1, -0.05) is 13.3 Å². The minimum Gasteiger partial charge on any atom is -0.480 e. The number of carbonyl (C=O) groups is 2. The minimum atomic E-state index is -0.946. The molecular formula is C11H19NO3. The lowest BCUT2D eigenvalue weighted by Crippen LogP contribution is -2.44. The molecule has 1 saturated carbocycles. The van der Waals surface area contributed by atoms with Gasteiger partial charge in [0.25, 0.3) is 0 Å². The number of carboxylic acid groups (broad SMARTS) is 1. The Morgan fingerprint density at radius 3 is 2.33 bits per heavy atom. The Labute approximate surface area is 90.3 Å². The molecule has 0 spiro atoms. The molecule has 1 rings (SSSR count). The molecule has 0 aromatic rings. The van der Waals surface area contributed by atoms with Crippen LogP contribution in [0.25, 0.3) is 0 Å². The Balaban J connectivity index is 2.64. The molecule has 1 aliphatic rings. The van der Waals surface area contributed by atoms with E-state index in [0.717, 1.165) is 25.7 Å². The van der Waals surface area contributed by atoms with Gasteiger partial charge < -0.3 is 10.0 Å². The van der Waals surface area contributed by atoms with Crippen LogP contribution in [-0.4, -0.2) is 35.0 Å². The van der Waals surface area contributed by atoms with Crippen molar-refractivity contribution < 1.29 is 14.7 Å². The fraction of sp³-hybridized carbons (Fsp3) is 0.818. The van der Waals surface area contributed by atoms with Crippen molar-refractivity contribution in [2.45, 2.75) is 45.6 Å². The van der Waals surface area contributed by atoms with E-state index in [1.165, 1.54) is 4.90 Å². The van der Waals surface area contributed by atoms with Gasteiger partial charge in [0.2, 0.25) is 5.91 Å². The van der Waals surface area contributed by atoms with Crippen LogP contribution in [0.5, 0.6) is 0 Å². The summed E-state index contributed by atoms with van der Waals surface area (Å²) < 4.78 is 0. The van der Waals surface area contributed by atoms with Gasteiger partial charge in [0.1, 0.15) is 6.04 Å². The zero-order chi connectivity index (χ0) is 11.6. The lowest BCUT2D eigenvalue weighted by molar-refractivity contribution is -0.150. The van der Waals surface area contributed by atoms with Crippen molar-refractivity contribution in [2.75, 3.05) is 7.05 Å². The summed E-state index contributed by atoms with van der Waals surface area (Å²) >= 11 is 0. The maximum Gasteiger partial charge on any atom is 0.326 e. The first-order valence-corrected chi connectivity index (χ1v) is 5.44. The average Bonchev–Trinajstić information content (AvgIpc) is 2.96.